The highest BCUT2D eigenvalue weighted by Gasteiger charge is 2.18. The summed E-state index contributed by atoms with van der Waals surface area (Å²) in [5.74, 6) is 0.0164. The van der Waals surface area contributed by atoms with Crippen LogP contribution in [-0.4, -0.2) is 36.3 Å². The van der Waals surface area contributed by atoms with Crippen LogP contribution in [0.25, 0.3) is 0 Å². The van der Waals surface area contributed by atoms with Crippen LogP contribution in [0.4, 0.5) is 0 Å². The summed E-state index contributed by atoms with van der Waals surface area (Å²) in [7, 11) is 0. The van der Waals surface area contributed by atoms with Gasteiger partial charge in [0, 0.05) is 30.8 Å². The van der Waals surface area contributed by atoms with E-state index in [9.17, 15) is 9.59 Å². The van der Waals surface area contributed by atoms with Gasteiger partial charge < -0.3 is 10.2 Å². The fourth-order valence-electron chi connectivity index (χ4n) is 2.72. The van der Waals surface area contributed by atoms with Crippen molar-refractivity contribution in [3.63, 3.8) is 0 Å². The molecule has 1 fully saturated rings. The Labute approximate surface area is 132 Å². The summed E-state index contributed by atoms with van der Waals surface area (Å²) in [6, 6.07) is 7.01. The first kappa shape index (κ1) is 16.5. The number of unbranched alkanes of at least 4 members (excludes halogenated alkanes) is 2. The first-order valence-corrected chi connectivity index (χ1v) is 8.40. The Morgan fingerprint density at radius 2 is 1.64 bits per heavy atom. The normalized spacial score (nSPS) is 14.7. The molecule has 2 amide bonds. The average molecular weight is 302 g/mol. The average Bonchev–Trinajstić information content (AvgIpc) is 2.59. The number of nitrogens with one attached hydrogen (secondary N) is 1. The van der Waals surface area contributed by atoms with Crippen LogP contribution in [0.2, 0.25) is 0 Å². The molecular weight excluding hydrogens is 276 g/mol. The predicted molar refractivity (Wildman–Crippen MR) is 88.1 cm³/mol. The zero-order valence-electron chi connectivity index (χ0n) is 13.4. The summed E-state index contributed by atoms with van der Waals surface area (Å²) in [4.78, 5) is 26.2. The maximum Gasteiger partial charge on any atom is 0.253 e. The molecule has 4 heteroatoms. The van der Waals surface area contributed by atoms with Crippen molar-refractivity contribution in [2.75, 3.05) is 19.6 Å². The molecule has 120 valence electrons. The van der Waals surface area contributed by atoms with E-state index in [0.29, 0.717) is 17.7 Å². The van der Waals surface area contributed by atoms with E-state index in [1.807, 2.05) is 4.90 Å². The van der Waals surface area contributed by atoms with Crippen LogP contribution in [0.5, 0.6) is 0 Å². The number of amides is 2. The molecule has 1 aromatic carbocycles. The van der Waals surface area contributed by atoms with Crippen molar-refractivity contribution in [2.45, 2.75) is 45.4 Å². The van der Waals surface area contributed by atoms with Gasteiger partial charge in [-0.1, -0.05) is 19.8 Å². The second-order valence-corrected chi connectivity index (χ2v) is 5.89. The third-order valence-electron chi connectivity index (χ3n) is 4.10. The lowest BCUT2D eigenvalue weighted by Gasteiger charge is -2.26. The lowest BCUT2D eigenvalue weighted by Crippen LogP contribution is -2.35. The van der Waals surface area contributed by atoms with Gasteiger partial charge in [0.2, 0.25) is 0 Å². The van der Waals surface area contributed by atoms with Gasteiger partial charge in [0.1, 0.15) is 0 Å². The summed E-state index contributed by atoms with van der Waals surface area (Å²) < 4.78 is 0. The number of carbonyl (C=O) groups is 2. The fraction of sp³-hybridized carbons (Fsp3) is 0.556. The van der Waals surface area contributed by atoms with E-state index in [2.05, 4.69) is 12.2 Å². The predicted octanol–water partition coefficient (Wildman–Crippen LogP) is 3.23. The maximum atomic E-state index is 12.4. The summed E-state index contributed by atoms with van der Waals surface area (Å²) in [6.45, 7) is 4.54. The van der Waals surface area contributed by atoms with Gasteiger partial charge in [0.25, 0.3) is 11.8 Å². The van der Waals surface area contributed by atoms with E-state index < -0.39 is 0 Å². The summed E-state index contributed by atoms with van der Waals surface area (Å²) >= 11 is 0. The third-order valence-corrected chi connectivity index (χ3v) is 4.10. The Morgan fingerprint density at radius 3 is 2.27 bits per heavy atom. The quantitative estimate of drug-likeness (QED) is 0.820. The van der Waals surface area contributed by atoms with Crippen molar-refractivity contribution in [1.82, 2.24) is 10.2 Å². The molecule has 0 radical (unpaired) electrons. The second kappa shape index (κ2) is 8.57. The smallest absolute Gasteiger partial charge is 0.253 e. The van der Waals surface area contributed by atoms with Crippen LogP contribution in [0, 0.1) is 0 Å². The van der Waals surface area contributed by atoms with Gasteiger partial charge in [-0.25, -0.2) is 0 Å². The Kier molecular flexibility index (Phi) is 6.44. The van der Waals surface area contributed by atoms with Crippen molar-refractivity contribution >= 4 is 11.8 Å². The molecule has 0 spiro atoms. The summed E-state index contributed by atoms with van der Waals surface area (Å²) in [5, 5.41) is 2.91. The molecular formula is C18H26N2O2. The summed E-state index contributed by atoms with van der Waals surface area (Å²) in [5.41, 5.74) is 1.29. The Bertz CT molecular complexity index is 490. The van der Waals surface area contributed by atoms with Crippen molar-refractivity contribution in [1.29, 1.82) is 0 Å². The zero-order valence-corrected chi connectivity index (χ0v) is 13.4. The van der Waals surface area contributed by atoms with Gasteiger partial charge in [-0.3, -0.25) is 9.59 Å². The van der Waals surface area contributed by atoms with Crippen LogP contribution in [0.3, 0.4) is 0 Å². The first-order valence-electron chi connectivity index (χ1n) is 8.40. The van der Waals surface area contributed by atoms with E-state index in [-0.39, 0.29) is 11.8 Å². The monoisotopic (exact) mass is 302 g/mol. The molecule has 0 atom stereocenters. The van der Waals surface area contributed by atoms with Gasteiger partial charge in [0.05, 0.1) is 0 Å². The molecule has 0 aliphatic carbocycles. The van der Waals surface area contributed by atoms with Crippen molar-refractivity contribution in [2.24, 2.45) is 0 Å². The molecule has 1 saturated heterocycles. The minimum atomic E-state index is -0.0620. The highest BCUT2D eigenvalue weighted by atomic mass is 16.2. The molecule has 1 heterocycles. The van der Waals surface area contributed by atoms with E-state index in [1.165, 1.54) is 6.42 Å². The number of likely N-dealkylation sites (tertiary alicyclic amines) is 1. The van der Waals surface area contributed by atoms with Crippen LogP contribution >= 0.6 is 0 Å². The molecule has 0 bridgehead atoms. The number of benzene rings is 1. The van der Waals surface area contributed by atoms with Crippen LogP contribution < -0.4 is 5.32 Å². The molecule has 22 heavy (non-hydrogen) atoms. The highest BCUT2D eigenvalue weighted by molar-refractivity contribution is 5.97. The fourth-order valence-corrected chi connectivity index (χ4v) is 2.72. The lowest BCUT2D eigenvalue weighted by atomic mass is 10.1. The molecule has 0 unspecified atom stereocenters. The van der Waals surface area contributed by atoms with Crippen LogP contribution in [0.15, 0.2) is 24.3 Å². The largest absolute Gasteiger partial charge is 0.352 e. The van der Waals surface area contributed by atoms with E-state index in [1.54, 1.807) is 24.3 Å². The molecule has 1 aromatic rings. The molecule has 0 saturated carbocycles. The van der Waals surface area contributed by atoms with Crippen LogP contribution in [-0.2, 0) is 0 Å². The number of rotatable bonds is 6. The Balaban J connectivity index is 1.89. The van der Waals surface area contributed by atoms with Crippen LogP contribution in [0.1, 0.15) is 66.2 Å². The summed E-state index contributed by atoms with van der Waals surface area (Å²) in [6.07, 6.45) is 6.66. The minimum Gasteiger partial charge on any atom is -0.352 e. The van der Waals surface area contributed by atoms with Gasteiger partial charge >= 0.3 is 0 Å². The van der Waals surface area contributed by atoms with Crippen molar-refractivity contribution in [3.8, 4) is 0 Å². The number of hydrogen-bond donors (Lipinski definition) is 1. The molecule has 4 nitrogen and oxygen atoms in total. The van der Waals surface area contributed by atoms with Gasteiger partial charge in [-0.15, -0.1) is 0 Å². The number of carbonyl (C=O) groups excluding carboxylic acids is 2. The standard InChI is InChI=1S/C18H26N2O2/c1-2-3-5-12-19-17(21)15-8-10-16(11-9-15)18(22)20-13-6-4-7-14-20/h8-11H,2-7,12-14H2,1H3,(H,19,21). The molecule has 1 N–H and O–H groups in total. The van der Waals surface area contributed by atoms with E-state index in [0.717, 1.165) is 45.2 Å². The number of piperidine rings is 1. The molecule has 1 aliphatic heterocycles. The van der Waals surface area contributed by atoms with Gasteiger partial charge in [-0.2, -0.15) is 0 Å². The second-order valence-electron chi connectivity index (χ2n) is 5.89. The van der Waals surface area contributed by atoms with Crippen molar-refractivity contribution in [3.05, 3.63) is 35.4 Å². The Morgan fingerprint density at radius 1 is 1.00 bits per heavy atom. The van der Waals surface area contributed by atoms with Gasteiger partial charge in [0.15, 0.2) is 0 Å². The minimum absolute atomic E-state index is 0.0620. The number of hydrogen-bond acceptors (Lipinski definition) is 2. The lowest BCUT2D eigenvalue weighted by molar-refractivity contribution is 0.0724. The topological polar surface area (TPSA) is 49.4 Å². The van der Waals surface area contributed by atoms with E-state index in [4.69, 9.17) is 0 Å². The zero-order chi connectivity index (χ0) is 15.8. The molecule has 0 aromatic heterocycles. The maximum absolute atomic E-state index is 12.4. The van der Waals surface area contributed by atoms with E-state index >= 15 is 0 Å². The molecule has 2 rings (SSSR count). The Hall–Kier alpha value is -1.84. The van der Waals surface area contributed by atoms with Gasteiger partial charge in [-0.05, 0) is 49.9 Å². The number of nitrogens with zero attached hydrogens (tertiary/aromatic N) is 1. The SMILES string of the molecule is CCCCCNC(=O)c1ccc(C(=O)N2CCCCC2)cc1. The first-order chi connectivity index (χ1) is 10.7. The molecule has 1 aliphatic rings. The highest BCUT2D eigenvalue weighted by Crippen LogP contribution is 2.14. The third kappa shape index (κ3) is 4.58. The van der Waals surface area contributed by atoms with Crippen molar-refractivity contribution < 1.29 is 9.59 Å².